The fraction of sp³-hybridized carbons (Fsp3) is 0.692. The molecule has 120 valence electrons. The largest absolute Gasteiger partial charge is 0.417 e. The molecule has 8 heteroatoms. The first-order chi connectivity index (χ1) is 10.0. The Hall–Kier alpha value is -1.96. The molecule has 8 nitrogen and oxygen atoms in total. The minimum Gasteiger partial charge on any atom is -0.396 e. The van der Waals surface area contributed by atoms with Gasteiger partial charge in [0.1, 0.15) is 13.3 Å². The predicted octanol–water partition coefficient (Wildman–Crippen LogP) is 2.39. The number of hydrogen-bond acceptors (Lipinski definition) is 7. The van der Waals surface area contributed by atoms with E-state index in [0.29, 0.717) is 37.5 Å². The molecule has 1 amide bonds. The van der Waals surface area contributed by atoms with Crippen LogP contribution in [0, 0.1) is 6.92 Å². The first-order valence-corrected chi connectivity index (χ1v) is 6.83. The van der Waals surface area contributed by atoms with Gasteiger partial charge in [-0.05, 0) is 6.92 Å². The van der Waals surface area contributed by atoms with Gasteiger partial charge in [0.25, 0.3) is 0 Å². The molecule has 2 rings (SSSR count). The number of rotatable bonds is 3. The van der Waals surface area contributed by atoms with Crippen LogP contribution in [-0.4, -0.2) is 47.4 Å². The molecule has 0 fully saturated rings. The molecular formula is C13H24N4O4. The Bertz CT molecular complexity index is 445. The second kappa shape index (κ2) is 10.8. The minimum atomic E-state index is -0.331. The number of nitrogens with zero attached hydrogens (tertiary/aromatic N) is 4. The fourth-order valence-electron chi connectivity index (χ4n) is 1.09. The number of aliphatic imine (C=N–C) groups is 1. The Kier molecular flexibility index (Phi) is 9.78. The highest BCUT2D eigenvalue weighted by Gasteiger charge is 2.14. The summed E-state index contributed by atoms with van der Waals surface area (Å²) in [7, 11) is 1.64. The molecule has 21 heavy (non-hydrogen) atoms. The van der Waals surface area contributed by atoms with Crippen LogP contribution in [0.5, 0.6) is 0 Å². The van der Waals surface area contributed by atoms with Crippen LogP contribution in [0.3, 0.4) is 0 Å². The number of aryl methyl sites for hydroxylation is 1. The van der Waals surface area contributed by atoms with Crippen LogP contribution in [0.4, 0.5) is 4.79 Å². The highest BCUT2D eigenvalue weighted by molar-refractivity contribution is 5.88. The maximum Gasteiger partial charge on any atom is 0.417 e. The number of ether oxygens (including phenoxy) is 2. The minimum absolute atomic E-state index is 0.331. The lowest BCUT2D eigenvalue weighted by Gasteiger charge is -2.18. The van der Waals surface area contributed by atoms with Crippen LogP contribution in [0.1, 0.15) is 39.4 Å². The van der Waals surface area contributed by atoms with Crippen molar-refractivity contribution < 1.29 is 18.8 Å². The van der Waals surface area contributed by atoms with E-state index in [9.17, 15) is 4.79 Å². The maximum absolute atomic E-state index is 10.6. The summed E-state index contributed by atoms with van der Waals surface area (Å²) < 4.78 is 14.4. The molecule has 2 heterocycles. The van der Waals surface area contributed by atoms with Gasteiger partial charge < -0.3 is 14.0 Å². The van der Waals surface area contributed by atoms with Crippen molar-refractivity contribution in [3.63, 3.8) is 0 Å². The monoisotopic (exact) mass is 300 g/mol. The van der Waals surface area contributed by atoms with Crippen molar-refractivity contribution in [1.29, 1.82) is 0 Å². The molecule has 0 spiro atoms. The molecule has 0 N–H and O–H groups in total. The van der Waals surface area contributed by atoms with Crippen LogP contribution in [0.2, 0.25) is 0 Å². The van der Waals surface area contributed by atoms with Crippen LogP contribution >= 0.6 is 0 Å². The Morgan fingerprint density at radius 1 is 1.33 bits per heavy atom. The van der Waals surface area contributed by atoms with Crippen molar-refractivity contribution >= 4 is 12.0 Å². The highest BCUT2D eigenvalue weighted by Crippen LogP contribution is 1.98. The topological polar surface area (TPSA) is 90.1 Å². The van der Waals surface area contributed by atoms with Gasteiger partial charge in [-0.1, -0.05) is 19.0 Å². The van der Waals surface area contributed by atoms with Gasteiger partial charge in [0.05, 0.1) is 0 Å². The van der Waals surface area contributed by atoms with E-state index in [4.69, 9.17) is 9.26 Å². The molecule has 0 saturated heterocycles. The van der Waals surface area contributed by atoms with Gasteiger partial charge in [0.15, 0.2) is 11.7 Å². The Morgan fingerprint density at radius 3 is 2.43 bits per heavy atom. The number of amides is 1. The Labute approximate surface area is 125 Å². The first-order valence-electron chi connectivity index (χ1n) is 6.83. The van der Waals surface area contributed by atoms with Crippen molar-refractivity contribution in [1.82, 2.24) is 15.0 Å². The molecule has 1 aliphatic heterocycles. The van der Waals surface area contributed by atoms with Gasteiger partial charge in [0, 0.05) is 27.5 Å². The van der Waals surface area contributed by atoms with Crippen LogP contribution in [0.25, 0.3) is 0 Å². The van der Waals surface area contributed by atoms with Gasteiger partial charge in [0.2, 0.25) is 5.89 Å². The zero-order valence-electron chi connectivity index (χ0n) is 13.5. The Balaban J connectivity index is 0.000000342. The average Bonchev–Trinajstić information content (AvgIpc) is 2.89. The van der Waals surface area contributed by atoms with Crippen molar-refractivity contribution in [2.24, 2.45) is 4.99 Å². The van der Waals surface area contributed by atoms with Crippen molar-refractivity contribution in [3.05, 3.63) is 11.7 Å². The third-order valence-electron chi connectivity index (χ3n) is 2.06. The second-order valence-electron chi connectivity index (χ2n) is 3.75. The Morgan fingerprint density at radius 2 is 2.00 bits per heavy atom. The number of hydrogen-bond donors (Lipinski definition) is 0. The predicted molar refractivity (Wildman–Crippen MR) is 77.9 cm³/mol. The van der Waals surface area contributed by atoms with E-state index >= 15 is 0 Å². The smallest absolute Gasteiger partial charge is 0.396 e. The maximum atomic E-state index is 10.6. The van der Waals surface area contributed by atoms with E-state index in [0.717, 1.165) is 0 Å². The van der Waals surface area contributed by atoms with Crippen LogP contribution in [-0.2, 0) is 16.1 Å². The summed E-state index contributed by atoms with van der Waals surface area (Å²) in [5.41, 5.74) is 0. The number of cyclic esters (lactones) is 1. The average molecular weight is 300 g/mol. The first kappa shape index (κ1) is 19.0. The number of carbonyl (C=O) groups excluding carboxylic acids is 1. The molecule has 1 aromatic heterocycles. The van der Waals surface area contributed by atoms with E-state index in [1.165, 1.54) is 4.90 Å². The van der Waals surface area contributed by atoms with E-state index < -0.39 is 0 Å². The summed E-state index contributed by atoms with van der Waals surface area (Å²) in [4.78, 5) is 19.8. The van der Waals surface area contributed by atoms with Gasteiger partial charge in [-0.3, -0.25) is 4.90 Å². The number of aromatic nitrogens is 2. The van der Waals surface area contributed by atoms with Crippen molar-refractivity contribution in [3.8, 4) is 0 Å². The fourth-order valence-corrected chi connectivity index (χ4v) is 1.09. The summed E-state index contributed by atoms with van der Waals surface area (Å²) in [5.74, 6) is 1.63. The molecular weight excluding hydrogens is 276 g/mol. The molecule has 0 radical (unpaired) electrons. The third kappa shape index (κ3) is 8.03. The van der Waals surface area contributed by atoms with Gasteiger partial charge in [-0.2, -0.15) is 4.98 Å². The zero-order chi connectivity index (χ0) is 16.3. The highest BCUT2D eigenvalue weighted by atomic mass is 16.6. The molecule has 1 aliphatic rings. The molecule has 0 aliphatic carbocycles. The SMILES string of the molecule is CC.CC1=NCN(C)C(=O)O1.CCOCc1noc(C)n1. The van der Waals surface area contributed by atoms with Crippen molar-refractivity contribution in [2.75, 3.05) is 20.3 Å². The molecule has 0 saturated carbocycles. The molecule has 1 aromatic rings. The lowest BCUT2D eigenvalue weighted by atomic mass is 10.6. The summed E-state index contributed by atoms with van der Waals surface area (Å²) in [5, 5.41) is 3.64. The third-order valence-corrected chi connectivity index (χ3v) is 2.06. The van der Waals surface area contributed by atoms with E-state index in [-0.39, 0.29) is 6.09 Å². The lowest BCUT2D eigenvalue weighted by molar-refractivity contribution is 0.126. The van der Waals surface area contributed by atoms with Gasteiger partial charge in [-0.15, -0.1) is 0 Å². The number of carbonyl (C=O) groups is 1. The second-order valence-corrected chi connectivity index (χ2v) is 3.75. The summed E-state index contributed by atoms with van der Waals surface area (Å²) in [6, 6.07) is 0. The van der Waals surface area contributed by atoms with Crippen LogP contribution < -0.4 is 0 Å². The van der Waals surface area contributed by atoms with Gasteiger partial charge in [-0.25, -0.2) is 9.79 Å². The summed E-state index contributed by atoms with van der Waals surface area (Å²) in [6.07, 6.45) is -0.331. The van der Waals surface area contributed by atoms with E-state index in [2.05, 4.69) is 19.9 Å². The van der Waals surface area contributed by atoms with E-state index in [1.54, 1.807) is 20.9 Å². The zero-order valence-corrected chi connectivity index (χ0v) is 13.5. The molecule has 0 unspecified atom stereocenters. The molecule has 0 atom stereocenters. The summed E-state index contributed by atoms with van der Waals surface area (Å²) >= 11 is 0. The van der Waals surface area contributed by atoms with E-state index in [1.807, 2.05) is 20.8 Å². The van der Waals surface area contributed by atoms with Crippen LogP contribution in [0.15, 0.2) is 9.52 Å². The van der Waals surface area contributed by atoms with Crippen molar-refractivity contribution in [2.45, 2.75) is 41.2 Å². The standard InChI is InChI=1S/C6H10N2O2.C5H8N2O2.C2H6/c1-3-9-4-6-7-5(2)10-8-6;1-4-6-3-7(2)5(8)9-4;1-2/h3-4H2,1-2H3;3H2,1-2H3;1-2H3. The van der Waals surface area contributed by atoms with Gasteiger partial charge >= 0.3 is 6.09 Å². The summed E-state index contributed by atoms with van der Waals surface area (Å²) in [6.45, 7) is 10.9. The molecule has 0 bridgehead atoms. The quantitative estimate of drug-likeness (QED) is 0.851. The lowest BCUT2D eigenvalue weighted by Crippen LogP contribution is -2.33. The molecule has 0 aromatic carbocycles. The normalized spacial score (nSPS) is 13.3.